The molecule has 2 aliphatic heterocycles. The van der Waals surface area contributed by atoms with Crippen molar-refractivity contribution in [3.63, 3.8) is 0 Å². The summed E-state index contributed by atoms with van der Waals surface area (Å²) in [6, 6.07) is 13.9. The third kappa shape index (κ3) is 3.01. The highest BCUT2D eigenvalue weighted by molar-refractivity contribution is 6.10. The van der Waals surface area contributed by atoms with Crippen LogP contribution in [0.15, 0.2) is 54.7 Å². The van der Waals surface area contributed by atoms with E-state index in [0.29, 0.717) is 11.3 Å². The van der Waals surface area contributed by atoms with Crippen molar-refractivity contribution in [1.82, 2.24) is 15.2 Å². The number of para-hydroxylation sites is 2. The number of carboxylic acid groups (broad SMARTS) is 1. The molecule has 5 rings (SSSR count). The molecular formula is C26H23N3O5. The molecule has 2 fully saturated rings. The minimum atomic E-state index is -1.72. The summed E-state index contributed by atoms with van der Waals surface area (Å²) < 4.78 is 5.50. The predicted molar refractivity (Wildman–Crippen MR) is 124 cm³/mol. The van der Waals surface area contributed by atoms with Crippen LogP contribution in [0.2, 0.25) is 0 Å². The summed E-state index contributed by atoms with van der Waals surface area (Å²) >= 11 is 0. The summed E-state index contributed by atoms with van der Waals surface area (Å²) in [5.74, 6) is -1.45. The number of hydrogen-bond donors (Lipinski definition) is 3. The Balaban J connectivity index is 1.68. The number of nitrogens with zero attached hydrogens (tertiary/aromatic N) is 1. The van der Waals surface area contributed by atoms with Crippen LogP contribution in [-0.4, -0.2) is 52.0 Å². The van der Waals surface area contributed by atoms with Gasteiger partial charge in [0.05, 0.1) is 25.5 Å². The molecule has 2 aliphatic rings. The summed E-state index contributed by atoms with van der Waals surface area (Å²) in [6.45, 7) is -0.202. The van der Waals surface area contributed by atoms with Gasteiger partial charge in [-0.05, 0) is 17.7 Å². The minimum absolute atomic E-state index is 0.00206. The topological polar surface area (TPSA) is 112 Å². The highest BCUT2D eigenvalue weighted by Gasteiger charge is 2.68. The first kappa shape index (κ1) is 21.7. The van der Waals surface area contributed by atoms with Crippen molar-refractivity contribution in [2.45, 2.75) is 18.0 Å². The van der Waals surface area contributed by atoms with Crippen LogP contribution < -0.4 is 10.1 Å². The Morgan fingerprint density at radius 3 is 2.65 bits per heavy atom. The molecule has 0 aliphatic carbocycles. The SMILES string of the molecule is C#CCN1C(=O)C2C(c3ccccc3OC)NC(Cc3c[nH]c4ccccc34)(C(=O)O)C2C1=O. The summed E-state index contributed by atoms with van der Waals surface area (Å²) in [5, 5.41) is 14.6. The van der Waals surface area contributed by atoms with E-state index >= 15 is 0 Å². The maximum atomic E-state index is 13.5. The molecule has 8 heteroatoms. The van der Waals surface area contributed by atoms with Gasteiger partial charge in [0.1, 0.15) is 11.3 Å². The first-order chi connectivity index (χ1) is 16.4. The number of methoxy groups -OCH3 is 1. The van der Waals surface area contributed by atoms with Gasteiger partial charge in [-0.3, -0.25) is 24.6 Å². The van der Waals surface area contributed by atoms with Crippen LogP contribution in [0.25, 0.3) is 10.9 Å². The third-order valence-corrected chi connectivity index (χ3v) is 6.99. The lowest BCUT2D eigenvalue weighted by molar-refractivity contribution is -0.151. The zero-order chi connectivity index (χ0) is 24.0. The minimum Gasteiger partial charge on any atom is -0.496 e. The number of carbonyl (C=O) groups excluding carboxylic acids is 2. The number of rotatable bonds is 6. The van der Waals surface area contributed by atoms with Crippen molar-refractivity contribution in [1.29, 1.82) is 0 Å². The van der Waals surface area contributed by atoms with Gasteiger partial charge in [0.15, 0.2) is 0 Å². The molecule has 3 N–H and O–H groups in total. The lowest BCUT2D eigenvalue weighted by atomic mass is 9.76. The molecule has 2 saturated heterocycles. The maximum absolute atomic E-state index is 13.5. The van der Waals surface area contributed by atoms with Gasteiger partial charge in [-0.2, -0.15) is 0 Å². The zero-order valence-electron chi connectivity index (χ0n) is 18.4. The first-order valence-corrected chi connectivity index (χ1v) is 10.9. The van der Waals surface area contributed by atoms with E-state index in [1.165, 1.54) is 7.11 Å². The van der Waals surface area contributed by atoms with E-state index in [1.54, 1.807) is 30.5 Å². The smallest absolute Gasteiger partial charge is 0.325 e. The molecule has 1 aromatic heterocycles. The maximum Gasteiger partial charge on any atom is 0.325 e. The molecule has 0 spiro atoms. The van der Waals surface area contributed by atoms with E-state index in [2.05, 4.69) is 16.2 Å². The molecule has 172 valence electrons. The second-order valence-corrected chi connectivity index (χ2v) is 8.65. The van der Waals surface area contributed by atoms with Gasteiger partial charge in [-0.1, -0.05) is 42.3 Å². The molecule has 4 atom stereocenters. The number of amides is 2. The van der Waals surface area contributed by atoms with Crippen molar-refractivity contribution >= 4 is 28.7 Å². The second kappa shape index (κ2) is 8.04. The standard InChI is InChI=1S/C26H23N3O5/c1-3-12-29-23(30)20-21(24(29)31)26(25(32)33,13-15-14-27-18-10-6-4-8-16(15)18)28-22(20)17-9-5-7-11-19(17)34-2/h1,4-11,14,20-22,27-28H,12-13H2,2H3,(H,32,33). The van der Waals surface area contributed by atoms with Gasteiger partial charge in [-0.15, -0.1) is 6.42 Å². The molecule has 8 nitrogen and oxygen atoms in total. The van der Waals surface area contributed by atoms with Crippen LogP contribution in [0.4, 0.5) is 0 Å². The van der Waals surface area contributed by atoms with E-state index in [0.717, 1.165) is 21.4 Å². The number of fused-ring (bicyclic) bond motifs is 2. The molecule has 3 heterocycles. The largest absolute Gasteiger partial charge is 0.496 e. The van der Waals surface area contributed by atoms with Crippen molar-refractivity contribution in [3.05, 3.63) is 65.9 Å². The van der Waals surface area contributed by atoms with Crippen molar-refractivity contribution in [2.24, 2.45) is 11.8 Å². The number of imide groups is 1. The van der Waals surface area contributed by atoms with Gasteiger partial charge in [0.25, 0.3) is 0 Å². The number of carbonyl (C=O) groups is 3. The Morgan fingerprint density at radius 2 is 1.91 bits per heavy atom. The lowest BCUT2D eigenvalue weighted by Crippen LogP contribution is -2.57. The number of terminal acetylenes is 1. The number of aromatic nitrogens is 1. The van der Waals surface area contributed by atoms with E-state index in [4.69, 9.17) is 11.2 Å². The average molecular weight is 457 g/mol. The van der Waals surface area contributed by atoms with Gasteiger partial charge < -0.3 is 14.8 Å². The number of likely N-dealkylation sites (tertiary alicyclic amines) is 1. The first-order valence-electron chi connectivity index (χ1n) is 10.9. The molecule has 0 radical (unpaired) electrons. The number of nitrogens with one attached hydrogen (secondary N) is 2. The van der Waals surface area contributed by atoms with Gasteiger partial charge in [0.2, 0.25) is 11.8 Å². The monoisotopic (exact) mass is 457 g/mol. The van der Waals surface area contributed by atoms with Crippen LogP contribution in [0.3, 0.4) is 0 Å². The Kier molecular flexibility index (Phi) is 5.14. The van der Waals surface area contributed by atoms with Crippen molar-refractivity contribution in [3.8, 4) is 18.1 Å². The number of aliphatic carboxylic acids is 1. The molecule has 4 unspecified atom stereocenters. The Labute approximate surface area is 195 Å². The second-order valence-electron chi connectivity index (χ2n) is 8.65. The fourth-order valence-electron chi connectivity index (χ4n) is 5.51. The molecule has 2 amide bonds. The Morgan fingerprint density at radius 1 is 1.18 bits per heavy atom. The number of benzene rings is 2. The highest BCUT2D eigenvalue weighted by Crippen LogP contribution is 2.51. The fraction of sp³-hybridized carbons (Fsp3) is 0.269. The molecule has 0 saturated carbocycles. The molecule has 34 heavy (non-hydrogen) atoms. The summed E-state index contributed by atoms with van der Waals surface area (Å²) in [6.07, 6.45) is 7.18. The van der Waals surface area contributed by atoms with Gasteiger partial charge >= 0.3 is 5.97 Å². The van der Waals surface area contributed by atoms with Crippen LogP contribution >= 0.6 is 0 Å². The fourth-order valence-corrected chi connectivity index (χ4v) is 5.51. The summed E-state index contributed by atoms with van der Waals surface area (Å²) in [5.41, 5.74) is 0.486. The van der Waals surface area contributed by atoms with Crippen LogP contribution in [-0.2, 0) is 20.8 Å². The van der Waals surface area contributed by atoms with Crippen molar-refractivity contribution < 1.29 is 24.2 Å². The number of ether oxygens (including phenoxy) is 1. The highest BCUT2D eigenvalue weighted by atomic mass is 16.5. The quantitative estimate of drug-likeness (QED) is 0.386. The normalized spacial score (nSPS) is 26.0. The molecule has 2 aromatic carbocycles. The molecule has 0 bridgehead atoms. The zero-order valence-corrected chi connectivity index (χ0v) is 18.4. The number of aromatic amines is 1. The van der Waals surface area contributed by atoms with E-state index in [-0.39, 0.29) is 13.0 Å². The molecule has 3 aromatic rings. The van der Waals surface area contributed by atoms with E-state index < -0.39 is 41.2 Å². The average Bonchev–Trinajstić information content (AvgIpc) is 3.48. The predicted octanol–water partition coefficient (Wildman–Crippen LogP) is 2.12. The number of carboxylic acids is 1. The van der Waals surface area contributed by atoms with Crippen LogP contribution in [0.1, 0.15) is 17.2 Å². The van der Waals surface area contributed by atoms with Crippen LogP contribution in [0, 0.1) is 24.2 Å². The van der Waals surface area contributed by atoms with Crippen molar-refractivity contribution in [2.75, 3.05) is 13.7 Å². The number of hydrogen-bond acceptors (Lipinski definition) is 5. The summed E-state index contributed by atoms with van der Waals surface area (Å²) in [7, 11) is 1.51. The Bertz CT molecular complexity index is 1360. The number of H-pyrrole nitrogens is 1. The van der Waals surface area contributed by atoms with Gasteiger partial charge in [0, 0.05) is 35.1 Å². The third-order valence-electron chi connectivity index (χ3n) is 6.99. The van der Waals surface area contributed by atoms with Gasteiger partial charge in [-0.25, -0.2) is 0 Å². The van der Waals surface area contributed by atoms with Crippen LogP contribution in [0.5, 0.6) is 5.75 Å². The lowest BCUT2D eigenvalue weighted by Gasteiger charge is -2.31. The summed E-state index contributed by atoms with van der Waals surface area (Å²) in [4.78, 5) is 44.0. The molecular weight excluding hydrogens is 434 g/mol. The Hall–Kier alpha value is -4.09. The van der Waals surface area contributed by atoms with E-state index in [9.17, 15) is 19.5 Å². The van der Waals surface area contributed by atoms with E-state index in [1.807, 2.05) is 24.3 Å².